The molecule has 2 N–H and O–H groups in total. The second kappa shape index (κ2) is 7.10. The summed E-state index contributed by atoms with van der Waals surface area (Å²) in [6, 6.07) is 0.386. The van der Waals surface area contributed by atoms with Crippen LogP contribution in [-0.4, -0.2) is 54.0 Å². The molecular weight excluding hydrogens is 244 g/mol. The van der Waals surface area contributed by atoms with Crippen LogP contribution in [0.25, 0.3) is 0 Å². The number of nitrogens with one attached hydrogen (secondary N) is 1. The Kier molecular flexibility index (Phi) is 6.07. The summed E-state index contributed by atoms with van der Waals surface area (Å²) in [5, 5.41) is 12.3. The molecule has 5 nitrogen and oxygen atoms in total. The molecule has 5 heteroatoms. The molecule has 1 rings (SSSR count). The van der Waals surface area contributed by atoms with Crippen molar-refractivity contribution in [1.29, 1.82) is 0 Å². The summed E-state index contributed by atoms with van der Waals surface area (Å²) in [5.74, 6) is 0.376. The van der Waals surface area contributed by atoms with Gasteiger partial charge in [0, 0.05) is 25.7 Å². The highest BCUT2D eigenvalue weighted by molar-refractivity contribution is 5.69. The van der Waals surface area contributed by atoms with Gasteiger partial charge < -0.3 is 20.1 Å². The average molecular weight is 272 g/mol. The van der Waals surface area contributed by atoms with Crippen molar-refractivity contribution < 1.29 is 14.6 Å². The SMILES string of the molecule is CC(CO)CCCNC1CN(C(=O)OC(C)(C)C)C1. The molecule has 0 aromatic rings. The fourth-order valence-electron chi connectivity index (χ4n) is 1.93. The first kappa shape index (κ1) is 16.2. The maximum atomic E-state index is 11.7. The van der Waals surface area contributed by atoms with Gasteiger partial charge in [0.25, 0.3) is 0 Å². The van der Waals surface area contributed by atoms with Gasteiger partial charge >= 0.3 is 6.09 Å². The second-order valence-electron chi connectivity index (χ2n) is 6.47. The molecule has 0 saturated carbocycles. The summed E-state index contributed by atoms with van der Waals surface area (Å²) in [6.45, 7) is 10.3. The van der Waals surface area contributed by atoms with E-state index in [0.29, 0.717) is 12.0 Å². The van der Waals surface area contributed by atoms with Crippen LogP contribution in [0.3, 0.4) is 0 Å². The first-order chi connectivity index (χ1) is 8.81. The van der Waals surface area contributed by atoms with E-state index < -0.39 is 5.60 Å². The van der Waals surface area contributed by atoms with Crippen LogP contribution in [0.1, 0.15) is 40.5 Å². The average Bonchev–Trinajstić information content (AvgIpc) is 2.23. The number of likely N-dealkylation sites (tertiary alicyclic amines) is 1. The highest BCUT2D eigenvalue weighted by atomic mass is 16.6. The highest BCUT2D eigenvalue weighted by Crippen LogP contribution is 2.15. The van der Waals surface area contributed by atoms with E-state index in [0.717, 1.165) is 32.5 Å². The zero-order chi connectivity index (χ0) is 14.5. The molecule has 1 aliphatic heterocycles. The minimum Gasteiger partial charge on any atom is -0.444 e. The highest BCUT2D eigenvalue weighted by Gasteiger charge is 2.33. The van der Waals surface area contributed by atoms with Crippen LogP contribution >= 0.6 is 0 Å². The number of ether oxygens (including phenoxy) is 1. The molecule has 0 aliphatic carbocycles. The molecule has 19 heavy (non-hydrogen) atoms. The molecule has 0 bridgehead atoms. The molecule has 1 saturated heterocycles. The van der Waals surface area contributed by atoms with Crippen LogP contribution in [-0.2, 0) is 4.74 Å². The van der Waals surface area contributed by atoms with Gasteiger partial charge in [-0.3, -0.25) is 0 Å². The van der Waals surface area contributed by atoms with Gasteiger partial charge in [-0.25, -0.2) is 4.79 Å². The number of nitrogens with zero attached hydrogens (tertiary/aromatic N) is 1. The fraction of sp³-hybridized carbons (Fsp3) is 0.929. The van der Waals surface area contributed by atoms with Crippen molar-refractivity contribution in [1.82, 2.24) is 10.2 Å². The first-order valence-corrected chi connectivity index (χ1v) is 7.14. The lowest BCUT2D eigenvalue weighted by Gasteiger charge is -2.40. The Balaban J connectivity index is 2.05. The number of carbonyl (C=O) groups is 1. The first-order valence-electron chi connectivity index (χ1n) is 7.14. The second-order valence-corrected chi connectivity index (χ2v) is 6.47. The molecule has 112 valence electrons. The van der Waals surface area contributed by atoms with Crippen LogP contribution < -0.4 is 5.32 Å². The minimum absolute atomic E-state index is 0.223. The number of hydrogen-bond acceptors (Lipinski definition) is 4. The molecule has 1 aliphatic rings. The molecule has 1 unspecified atom stereocenters. The molecule has 0 radical (unpaired) electrons. The molecular formula is C14H28N2O3. The summed E-state index contributed by atoms with van der Waals surface area (Å²) in [4.78, 5) is 13.4. The number of hydrogen-bond donors (Lipinski definition) is 2. The Hall–Kier alpha value is -0.810. The molecule has 0 aromatic carbocycles. The van der Waals surface area contributed by atoms with Crippen molar-refractivity contribution in [2.24, 2.45) is 5.92 Å². The van der Waals surface area contributed by atoms with Gasteiger partial charge in [-0.1, -0.05) is 6.92 Å². The lowest BCUT2D eigenvalue weighted by Crippen LogP contribution is -2.60. The van der Waals surface area contributed by atoms with E-state index in [1.165, 1.54) is 0 Å². The maximum Gasteiger partial charge on any atom is 0.410 e. The number of carbonyl (C=O) groups excluding carboxylic acids is 1. The van der Waals surface area contributed by atoms with Gasteiger partial charge in [0.2, 0.25) is 0 Å². The molecule has 1 heterocycles. The standard InChI is InChI=1S/C14H28N2O3/c1-11(10-17)6-5-7-15-12-8-16(9-12)13(18)19-14(2,3)4/h11-12,15,17H,5-10H2,1-4H3. The zero-order valence-corrected chi connectivity index (χ0v) is 12.6. The van der Waals surface area contributed by atoms with Gasteiger partial charge in [-0.05, 0) is 46.1 Å². The quantitative estimate of drug-likeness (QED) is 0.721. The van der Waals surface area contributed by atoms with Crippen molar-refractivity contribution in [3.63, 3.8) is 0 Å². The van der Waals surface area contributed by atoms with E-state index in [2.05, 4.69) is 5.32 Å². The Bertz CT molecular complexity index is 283. The zero-order valence-electron chi connectivity index (χ0n) is 12.6. The molecule has 0 spiro atoms. The Morgan fingerprint density at radius 2 is 2.11 bits per heavy atom. The third kappa shape index (κ3) is 6.25. The fourth-order valence-corrected chi connectivity index (χ4v) is 1.93. The van der Waals surface area contributed by atoms with Crippen molar-refractivity contribution >= 4 is 6.09 Å². The van der Waals surface area contributed by atoms with E-state index in [-0.39, 0.29) is 12.7 Å². The van der Waals surface area contributed by atoms with Gasteiger partial charge in [-0.2, -0.15) is 0 Å². The summed E-state index contributed by atoms with van der Waals surface area (Å²) in [7, 11) is 0. The van der Waals surface area contributed by atoms with Gasteiger partial charge in [0.1, 0.15) is 5.60 Å². The van der Waals surface area contributed by atoms with Crippen LogP contribution in [0.4, 0.5) is 4.79 Å². The Morgan fingerprint density at radius 1 is 1.47 bits per heavy atom. The largest absolute Gasteiger partial charge is 0.444 e. The monoisotopic (exact) mass is 272 g/mol. The number of amides is 1. The molecule has 0 aromatic heterocycles. The normalized spacial score (nSPS) is 18.1. The number of aliphatic hydroxyl groups is 1. The minimum atomic E-state index is -0.421. The Labute approximate surface area is 116 Å². The van der Waals surface area contributed by atoms with Gasteiger partial charge in [0.15, 0.2) is 0 Å². The van der Waals surface area contributed by atoms with Gasteiger partial charge in [-0.15, -0.1) is 0 Å². The lowest BCUT2D eigenvalue weighted by atomic mass is 10.1. The van der Waals surface area contributed by atoms with E-state index >= 15 is 0 Å². The summed E-state index contributed by atoms with van der Waals surface area (Å²) >= 11 is 0. The molecule has 1 atom stereocenters. The molecule has 1 fully saturated rings. The maximum absolute atomic E-state index is 11.7. The Morgan fingerprint density at radius 3 is 2.63 bits per heavy atom. The van der Waals surface area contributed by atoms with Crippen molar-refractivity contribution in [2.45, 2.75) is 52.2 Å². The third-order valence-electron chi connectivity index (χ3n) is 3.15. The predicted octanol–water partition coefficient (Wildman–Crippen LogP) is 1.60. The third-order valence-corrected chi connectivity index (χ3v) is 3.15. The van der Waals surface area contributed by atoms with Crippen LogP contribution in [0, 0.1) is 5.92 Å². The van der Waals surface area contributed by atoms with Crippen LogP contribution in [0.2, 0.25) is 0 Å². The van der Waals surface area contributed by atoms with E-state index in [1.54, 1.807) is 4.90 Å². The van der Waals surface area contributed by atoms with E-state index in [1.807, 2.05) is 27.7 Å². The van der Waals surface area contributed by atoms with Crippen LogP contribution in [0.5, 0.6) is 0 Å². The van der Waals surface area contributed by atoms with Crippen LogP contribution in [0.15, 0.2) is 0 Å². The van der Waals surface area contributed by atoms with Crippen molar-refractivity contribution in [3.05, 3.63) is 0 Å². The molecule has 1 amide bonds. The predicted molar refractivity (Wildman–Crippen MR) is 75.1 cm³/mol. The number of aliphatic hydroxyl groups excluding tert-OH is 1. The van der Waals surface area contributed by atoms with Gasteiger partial charge in [0.05, 0.1) is 0 Å². The number of rotatable bonds is 6. The van der Waals surface area contributed by atoms with E-state index in [4.69, 9.17) is 9.84 Å². The lowest BCUT2D eigenvalue weighted by molar-refractivity contribution is 0.00532. The van der Waals surface area contributed by atoms with E-state index in [9.17, 15) is 4.79 Å². The summed E-state index contributed by atoms with van der Waals surface area (Å²) in [6.07, 6.45) is 1.87. The van der Waals surface area contributed by atoms with Crippen molar-refractivity contribution in [3.8, 4) is 0 Å². The smallest absolute Gasteiger partial charge is 0.410 e. The summed E-state index contributed by atoms with van der Waals surface area (Å²) in [5.41, 5.74) is -0.421. The topological polar surface area (TPSA) is 61.8 Å². The summed E-state index contributed by atoms with van der Waals surface area (Å²) < 4.78 is 5.29. The van der Waals surface area contributed by atoms with Crippen molar-refractivity contribution in [2.75, 3.05) is 26.2 Å².